The van der Waals surface area contributed by atoms with Crippen LogP contribution in [0.3, 0.4) is 0 Å². The molecule has 0 unspecified atom stereocenters. The molecule has 5 heteroatoms. The van der Waals surface area contributed by atoms with Crippen molar-refractivity contribution < 1.29 is 19.4 Å². The van der Waals surface area contributed by atoms with Gasteiger partial charge in [-0.05, 0) is 42.9 Å². The highest BCUT2D eigenvalue weighted by atomic mass is 35.5. The normalized spacial score (nSPS) is 14.7. The number of carboxylic acid groups (broad SMARTS) is 1. The van der Waals surface area contributed by atoms with E-state index in [1.807, 2.05) is 13.8 Å². The Morgan fingerprint density at radius 3 is 2.64 bits per heavy atom. The molecule has 0 saturated heterocycles. The van der Waals surface area contributed by atoms with Gasteiger partial charge in [0.2, 0.25) is 0 Å². The van der Waals surface area contributed by atoms with Crippen molar-refractivity contribution in [3.05, 3.63) is 28.8 Å². The van der Waals surface area contributed by atoms with Crippen molar-refractivity contribution in [1.29, 1.82) is 0 Å². The molecule has 1 aliphatic carbocycles. The number of rotatable bonds is 8. The maximum atomic E-state index is 12.5. The fraction of sp³-hybridized carbons (Fsp3) is 0.529. The van der Waals surface area contributed by atoms with Crippen molar-refractivity contribution in [2.24, 2.45) is 5.41 Å². The molecule has 1 fully saturated rings. The number of hydrogen-bond acceptors (Lipinski definition) is 3. The first-order chi connectivity index (χ1) is 10.3. The first kappa shape index (κ1) is 16.8. The minimum absolute atomic E-state index is 0.0429. The van der Waals surface area contributed by atoms with Crippen LogP contribution in [0.4, 0.5) is 0 Å². The van der Waals surface area contributed by atoms with Crippen LogP contribution in [-0.2, 0) is 4.79 Å². The molecule has 0 bridgehead atoms. The van der Waals surface area contributed by atoms with Gasteiger partial charge in [0.25, 0.3) is 0 Å². The molecule has 1 aromatic carbocycles. The van der Waals surface area contributed by atoms with Crippen LogP contribution >= 0.6 is 11.6 Å². The number of aliphatic carboxylic acids is 1. The number of ketones is 1. The largest absolute Gasteiger partial charge is 0.490 e. The summed E-state index contributed by atoms with van der Waals surface area (Å²) in [5, 5.41) is 9.39. The van der Waals surface area contributed by atoms with Crippen LogP contribution in [0.25, 0.3) is 0 Å². The minimum atomic E-state index is -0.849. The standard InChI is InChI=1S/C17H21ClO4/c1-17(2,10-16(20)21)8-7-14(19)13-9-11(18)3-6-15(13)22-12-4-5-12/h3,6,9,12H,4-5,7-8,10H2,1-2H3,(H,20,21). The van der Waals surface area contributed by atoms with Crippen molar-refractivity contribution in [1.82, 2.24) is 0 Å². The van der Waals surface area contributed by atoms with Gasteiger partial charge in [0.15, 0.2) is 5.78 Å². The SMILES string of the molecule is CC(C)(CCC(=O)c1cc(Cl)ccc1OC1CC1)CC(=O)O. The molecule has 0 atom stereocenters. The fourth-order valence-corrected chi connectivity index (χ4v) is 2.44. The topological polar surface area (TPSA) is 63.6 Å². The zero-order valence-corrected chi connectivity index (χ0v) is 13.7. The van der Waals surface area contributed by atoms with Gasteiger partial charge < -0.3 is 9.84 Å². The predicted molar refractivity (Wildman–Crippen MR) is 84.7 cm³/mol. The van der Waals surface area contributed by atoms with Crippen molar-refractivity contribution in [3.63, 3.8) is 0 Å². The van der Waals surface area contributed by atoms with Crippen LogP contribution in [-0.4, -0.2) is 23.0 Å². The highest BCUT2D eigenvalue weighted by molar-refractivity contribution is 6.31. The first-order valence-corrected chi connectivity index (χ1v) is 7.86. The van der Waals surface area contributed by atoms with E-state index in [0.29, 0.717) is 22.8 Å². The smallest absolute Gasteiger partial charge is 0.303 e. The number of Topliss-reactive ketones (excluding diaryl/α,β-unsaturated/α-hetero) is 1. The summed E-state index contributed by atoms with van der Waals surface area (Å²) in [6, 6.07) is 5.08. The first-order valence-electron chi connectivity index (χ1n) is 7.48. The Morgan fingerprint density at radius 1 is 1.36 bits per heavy atom. The van der Waals surface area contributed by atoms with Gasteiger partial charge in [-0.2, -0.15) is 0 Å². The minimum Gasteiger partial charge on any atom is -0.490 e. The molecule has 0 aliphatic heterocycles. The lowest BCUT2D eigenvalue weighted by atomic mass is 9.83. The molecule has 1 N–H and O–H groups in total. The number of carbonyl (C=O) groups is 2. The van der Waals surface area contributed by atoms with Gasteiger partial charge in [0.05, 0.1) is 18.1 Å². The van der Waals surface area contributed by atoms with Gasteiger partial charge in [-0.1, -0.05) is 25.4 Å². The highest BCUT2D eigenvalue weighted by Crippen LogP contribution is 2.33. The predicted octanol–water partition coefficient (Wildman–Crippen LogP) is 4.35. The molecule has 1 aliphatic rings. The molecule has 1 aromatic rings. The molecule has 0 aromatic heterocycles. The van der Waals surface area contributed by atoms with Gasteiger partial charge >= 0.3 is 5.97 Å². The van der Waals surface area contributed by atoms with Crippen molar-refractivity contribution in [2.45, 2.75) is 52.1 Å². The van der Waals surface area contributed by atoms with Gasteiger partial charge in [0.1, 0.15) is 5.75 Å². The Kier molecular flexibility index (Phi) is 5.12. The van der Waals surface area contributed by atoms with Gasteiger partial charge in [-0.3, -0.25) is 9.59 Å². The average Bonchev–Trinajstić information content (AvgIpc) is 3.21. The molecule has 120 valence electrons. The number of halogens is 1. The van der Waals surface area contributed by atoms with Crippen LogP contribution in [0.2, 0.25) is 5.02 Å². The van der Waals surface area contributed by atoms with E-state index in [-0.39, 0.29) is 24.7 Å². The summed E-state index contributed by atoms with van der Waals surface area (Å²) in [6.07, 6.45) is 3.07. The van der Waals surface area contributed by atoms with E-state index in [2.05, 4.69) is 0 Å². The van der Waals surface area contributed by atoms with Crippen molar-refractivity contribution in [3.8, 4) is 5.75 Å². The molecule has 22 heavy (non-hydrogen) atoms. The van der Waals surface area contributed by atoms with Crippen LogP contribution in [0, 0.1) is 5.41 Å². The van der Waals surface area contributed by atoms with E-state index in [1.165, 1.54) is 0 Å². The van der Waals surface area contributed by atoms with E-state index in [0.717, 1.165) is 12.8 Å². The Hall–Kier alpha value is -1.55. The van der Waals surface area contributed by atoms with E-state index in [1.54, 1.807) is 18.2 Å². The van der Waals surface area contributed by atoms with Crippen LogP contribution in [0.1, 0.15) is 56.3 Å². The van der Waals surface area contributed by atoms with Crippen LogP contribution in [0.15, 0.2) is 18.2 Å². The zero-order valence-electron chi connectivity index (χ0n) is 12.9. The number of benzene rings is 1. The number of carboxylic acids is 1. The van der Waals surface area contributed by atoms with E-state index >= 15 is 0 Å². The van der Waals surface area contributed by atoms with Crippen LogP contribution in [0.5, 0.6) is 5.75 Å². The molecule has 0 amide bonds. The highest BCUT2D eigenvalue weighted by Gasteiger charge is 2.27. The number of hydrogen-bond donors (Lipinski definition) is 1. The second-order valence-electron chi connectivity index (χ2n) is 6.62. The summed E-state index contributed by atoms with van der Waals surface area (Å²) in [7, 11) is 0. The summed E-state index contributed by atoms with van der Waals surface area (Å²) >= 11 is 5.99. The summed E-state index contributed by atoms with van der Waals surface area (Å²) in [6.45, 7) is 3.71. The third kappa shape index (κ3) is 5.02. The molecule has 2 rings (SSSR count). The Labute approximate surface area is 135 Å². The van der Waals surface area contributed by atoms with Crippen molar-refractivity contribution in [2.75, 3.05) is 0 Å². The summed E-state index contributed by atoms with van der Waals surface area (Å²) < 4.78 is 5.76. The Morgan fingerprint density at radius 2 is 2.05 bits per heavy atom. The lowest BCUT2D eigenvalue weighted by molar-refractivity contribution is -0.139. The summed E-state index contributed by atoms with van der Waals surface area (Å²) in [4.78, 5) is 23.3. The summed E-state index contributed by atoms with van der Waals surface area (Å²) in [5.74, 6) is -0.331. The fourth-order valence-electron chi connectivity index (χ4n) is 2.27. The average molecular weight is 325 g/mol. The Bertz CT molecular complexity index is 576. The van der Waals surface area contributed by atoms with E-state index in [4.69, 9.17) is 21.4 Å². The Balaban J connectivity index is 2.05. The molecule has 0 heterocycles. The third-order valence-electron chi connectivity index (χ3n) is 3.72. The van der Waals surface area contributed by atoms with E-state index < -0.39 is 11.4 Å². The summed E-state index contributed by atoms with van der Waals surface area (Å²) in [5.41, 5.74) is 0.0722. The zero-order chi connectivity index (χ0) is 16.3. The monoisotopic (exact) mass is 324 g/mol. The lowest BCUT2D eigenvalue weighted by Crippen LogP contribution is -2.18. The molecule has 1 saturated carbocycles. The van der Waals surface area contributed by atoms with Crippen LogP contribution < -0.4 is 4.74 Å². The molecule has 0 radical (unpaired) electrons. The van der Waals surface area contributed by atoms with Gasteiger partial charge in [-0.25, -0.2) is 0 Å². The number of carbonyl (C=O) groups excluding carboxylic acids is 1. The van der Waals surface area contributed by atoms with Gasteiger partial charge in [0, 0.05) is 11.4 Å². The number of ether oxygens (including phenoxy) is 1. The molecule has 0 spiro atoms. The molecular weight excluding hydrogens is 304 g/mol. The van der Waals surface area contributed by atoms with E-state index in [9.17, 15) is 9.59 Å². The second-order valence-corrected chi connectivity index (χ2v) is 7.05. The third-order valence-corrected chi connectivity index (χ3v) is 3.95. The molecular formula is C17H21ClO4. The quantitative estimate of drug-likeness (QED) is 0.722. The molecule has 4 nitrogen and oxygen atoms in total. The maximum Gasteiger partial charge on any atom is 0.303 e. The lowest BCUT2D eigenvalue weighted by Gasteiger charge is -2.22. The van der Waals surface area contributed by atoms with Gasteiger partial charge in [-0.15, -0.1) is 0 Å². The van der Waals surface area contributed by atoms with Crippen molar-refractivity contribution >= 4 is 23.4 Å². The maximum absolute atomic E-state index is 12.5. The second kappa shape index (κ2) is 6.69.